The predicted molar refractivity (Wildman–Crippen MR) is 102 cm³/mol. The monoisotopic (exact) mass is 384 g/mol. The van der Waals surface area contributed by atoms with Crippen LogP contribution in [0.15, 0.2) is 17.5 Å². The van der Waals surface area contributed by atoms with E-state index in [1.807, 2.05) is 11.0 Å². The van der Waals surface area contributed by atoms with Crippen LogP contribution in [0.1, 0.15) is 49.9 Å². The molecule has 1 aromatic heterocycles. The van der Waals surface area contributed by atoms with Crippen LogP contribution in [-0.2, 0) is 14.6 Å². The second-order valence-corrected chi connectivity index (χ2v) is 10.3. The molecule has 1 aromatic rings. The molecule has 0 aliphatic carbocycles. The Labute approximate surface area is 154 Å². The molecular formula is C18H28N2O3S2. The molecule has 7 heteroatoms. The molecule has 0 radical (unpaired) electrons. The minimum Gasteiger partial charge on any atom is -0.334 e. The van der Waals surface area contributed by atoms with Crippen LogP contribution in [0, 0.1) is 0 Å². The number of hydrogen-bond donors (Lipinski definition) is 0. The first-order valence-electron chi connectivity index (χ1n) is 9.27. The Hall–Kier alpha value is -0.920. The van der Waals surface area contributed by atoms with E-state index < -0.39 is 9.84 Å². The molecule has 5 nitrogen and oxygen atoms in total. The maximum absolute atomic E-state index is 13.0. The molecule has 2 saturated heterocycles. The van der Waals surface area contributed by atoms with Crippen LogP contribution < -0.4 is 0 Å². The van der Waals surface area contributed by atoms with E-state index in [1.54, 1.807) is 11.3 Å². The van der Waals surface area contributed by atoms with Gasteiger partial charge < -0.3 is 4.90 Å². The summed E-state index contributed by atoms with van der Waals surface area (Å²) in [5.41, 5.74) is 0. The Kier molecular flexibility index (Phi) is 6.17. The molecule has 3 rings (SSSR count). The van der Waals surface area contributed by atoms with Gasteiger partial charge in [0.1, 0.15) is 0 Å². The first-order valence-corrected chi connectivity index (χ1v) is 12.0. The van der Waals surface area contributed by atoms with E-state index in [9.17, 15) is 13.2 Å². The molecule has 2 aliphatic heterocycles. The third kappa shape index (κ3) is 4.63. The molecule has 0 aromatic carbocycles. The van der Waals surface area contributed by atoms with Crippen LogP contribution >= 0.6 is 11.3 Å². The summed E-state index contributed by atoms with van der Waals surface area (Å²) in [4.78, 5) is 18.4. The van der Waals surface area contributed by atoms with Crippen LogP contribution in [-0.4, -0.2) is 61.3 Å². The quantitative estimate of drug-likeness (QED) is 0.725. The van der Waals surface area contributed by atoms with E-state index in [1.165, 1.54) is 4.88 Å². The fraction of sp³-hybridized carbons (Fsp3) is 0.722. The summed E-state index contributed by atoms with van der Waals surface area (Å²) >= 11 is 1.71. The fourth-order valence-corrected chi connectivity index (χ4v) is 6.56. The second kappa shape index (κ2) is 8.18. The van der Waals surface area contributed by atoms with Gasteiger partial charge in [-0.25, -0.2) is 8.42 Å². The van der Waals surface area contributed by atoms with Crippen molar-refractivity contribution in [3.8, 4) is 0 Å². The molecule has 2 unspecified atom stereocenters. The molecule has 2 atom stereocenters. The third-order valence-corrected chi connectivity index (χ3v) is 8.03. The maximum Gasteiger partial charge on any atom is 0.237 e. The summed E-state index contributed by atoms with van der Waals surface area (Å²) in [5.74, 6) is 0.616. The van der Waals surface area contributed by atoms with Crippen LogP contribution in [0.3, 0.4) is 0 Å². The maximum atomic E-state index is 13.0. The lowest BCUT2D eigenvalue weighted by Gasteiger charge is -2.31. The Morgan fingerprint density at radius 3 is 2.88 bits per heavy atom. The highest BCUT2D eigenvalue weighted by molar-refractivity contribution is 7.91. The molecular weight excluding hydrogens is 356 g/mol. The van der Waals surface area contributed by atoms with Crippen molar-refractivity contribution < 1.29 is 13.2 Å². The van der Waals surface area contributed by atoms with E-state index >= 15 is 0 Å². The number of likely N-dealkylation sites (tertiary alicyclic amines) is 1. The van der Waals surface area contributed by atoms with Crippen molar-refractivity contribution in [2.24, 2.45) is 0 Å². The van der Waals surface area contributed by atoms with Gasteiger partial charge in [-0.15, -0.1) is 11.3 Å². The van der Waals surface area contributed by atoms with Gasteiger partial charge in [0.25, 0.3) is 0 Å². The Morgan fingerprint density at radius 1 is 1.40 bits per heavy atom. The number of rotatable bonds is 7. The molecule has 1 amide bonds. The van der Waals surface area contributed by atoms with Gasteiger partial charge in [-0.1, -0.05) is 19.4 Å². The smallest absolute Gasteiger partial charge is 0.237 e. The summed E-state index contributed by atoms with van der Waals surface area (Å²) in [6, 6.07) is 4.35. The van der Waals surface area contributed by atoms with Crippen molar-refractivity contribution in [2.75, 3.05) is 31.1 Å². The lowest BCUT2D eigenvalue weighted by molar-refractivity contribution is -0.133. The van der Waals surface area contributed by atoms with E-state index in [2.05, 4.69) is 23.3 Å². The number of thiophene rings is 1. The summed E-state index contributed by atoms with van der Waals surface area (Å²) in [6.45, 7) is 4.09. The number of sulfone groups is 1. The van der Waals surface area contributed by atoms with E-state index in [4.69, 9.17) is 0 Å². The van der Waals surface area contributed by atoms with Gasteiger partial charge in [0.2, 0.25) is 5.91 Å². The van der Waals surface area contributed by atoms with Crippen LogP contribution in [0.25, 0.3) is 0 Å². The third-order valence-electron chi connectivity index (χ3n) is 5.31. The highest BCUT2D eigenvalue weighted by Gasteiger charge is 2.36. The summed E-state index contributed by atoms with van der Waals surface area (Å²) in [5, 5.41) is 2.06. The topological polar surface area (TPSA) is 57.7 Å². The van der Waals surface area contributed by atoms with Crippen LogP contribution in [0.5, 0.6) is 0 Å². The molecule has 2 aliphatic rings. The molecule has 0 saturated carbocycles. The summed E-state index contributed by atoms with van der Waals surface area (Å²) < 4.78 is 23.7. The second-order valence-electron chi connectivity index (χ2n) is 7.14. The zero-order valence-corrected chi connectivity index (χ0v) is 16.5. The SMILES string of the molecule is CCCCN(CC(=O)N1CCCC1c1cccs1)C1CCS(=O)(=O)C1. The number of carbonyl (C=O) groups excluding carboxylic acids is 1. The number of hydrogen-bond acceptors (Lipinski definition) is 5. The van der Waals surface area contributed by atoms with Crippen molar-refractivity contribution in [1.82, 2.24) is 9.80 Å². The van der Waals surface area contributed by atoms with Crippen LogP contribution in [0.4, 0.5) is 0 Å². The molecule has 2 fully saturated rings. The summed E-state index contributed by atoms with van der Waals surface area (Å²) in [7, 11) is -2.93. The zero-order chi connectivity index (χ0) is 17.9. The van der Waals surface area contributed by atoms with Gasteiger partial charge in [0.15, 0.2) is 9.84 Å². The first-order chi connectivity index (χ1) is 12.0. The molecule has 3 heterocycles. The molecule has 0 spiro atoms. The Balaban J connectivity index is 1.67. The van der Waals surface area contributed by atoms with Gasteiger partial charge >= 0.3 is 0 Å². The van der Waals surface area contributed by atoms with Gasteiger partial charge in [-0.2, -0.15) is 0 Å². The normalized spacial score (nSPS) is 25.8. The molecule has 25 heavy (non-hydrogen) atoms. The van der Waals surface area contributed by atoms with E-state index in [0.29, 0.717) is 13.0 Å². The minimum absolute atomic E-state index is 0.00305. The summed E-state index contributed by atoms with van der Waals surface area (Å²) in [6.07, 6.45) is 4.78. The first kappa shape index (κ1) is 18.9. The van der Waals surface area contributed by atoms with Gasteiger partial charge in [0.05, 0.1) is 24.1 Å². The van der Waals surface area contributed by atoms with Crippen molar-refractivity contribution in [3.05, 3.63) is 22.4 Å². The van der Waals surface area contributed by atoms with Crippen molar-refractivity contribution in [2.45, 2.75) is 51.1 Å². The van der Waals surface area contributed by atoms with Crippen molar-refractivity contribution in [3.63, 3.8) is 0 Å². The number of unbranched alkanes of at least 4 members (excludes halogenated alkanes) is 1. The van der Waals surface area contributed by atoms with E-state index in [0.717, 1.165) is 38.8 Å². The van der Waals surface area contributed by atoms with E-state index in [-0.39, 0.29) is 29.5 Å². The predicted octanol–water partition coefficient (Wildman–Crippen LogP) is 2.70. The zero-order valence-electron chi connectivity index (χ0n) is 14.9. The molecule has 140 valence electrons. The number of nitrogens with zero attached hydrogens (tertiary/aromatic N) is 2. The molecule has 0 N–H and O–H groups in total. The van der Waals surface area contributed by atoms with Crippen molar-refractivity contribution >= 4 is 27.1 Å². The molecule has 0 bridgehead atoms. The number of amides is 1. The van der Waals surface area contributed by atoms with Crippen LogP contribution in [0.2, 0.25) is 0 Å². The highest BCUT2D eigenvalue weighted by atomic mass is 32.2. The lowest BCUT2D eigenvalue weighted by Crippen LogP contribution is -2.45. The van der Waals surface area contributed by atoms with Gasteiger partial charge in [-0.3, -0.25) is 9.69 Å². The standard InChI is InChI=1S/C18H28N2O3S2/c1-2-3-9-19(15-8-12-25(22,23)14-15)13-18(21)20-10-4-6-16(20)17-7-5-11-24-17/h5,7,11,15-16H,2-4,6,8-10,12-14H2,1H3. The lowest BCUT2D eigenvalue weighted by atomic mass is 10.1. The van der Waals surface area contributed by atoms with Crippen molar-refractivity contribution in [1.29, 1.82) is 0 Å². The number of carbonyl (C=O) groups is 1. The van der Waals surface area contributed by atoms with Gasteiger partial charge in [0, 0.05) is 17.5 Å². The Bertz CT molecular complexity index is 673. The highest BCUT2D eigenvalue weighted by Crippen LogP contribution is 2.34. The largest absolute Gasteiger partial charge is 0.334 e. The average molecular weight is 385 g/mol. The minimum atomic E-state index is -2.93. The fourth-order valence-electron chi connectivity index (χ4n) is 3.92. The van der Waals surface area contributed by atoms with Gasteiger partial charge in [-0.05, 0) is 43.7 Å². The Morgan fingerprint density at radius 2 is 2.24 bits per heavy atom. The average Bonchev–Trinajstić information content (AvgIpc) is 3.30.